The van der Waals surface area contributed by atoms with Crippen LogP contribution in [0.2, 0.25) is 0 Å². The molecule has 2 aromatic carbocycles. The van der Waals surface area contributed by atoms with Crippen molar-refractivity contribution in [2.45, 2.75) is 13.0 Å². The summed E-state index contributed by atoms with van der Waals surface area (Å²) in [6.07, 6.45) is 5.40. The summed E-state index contributed by atoms with van der Waals surface area (Å²) < 4.78 is 7.05. The second-order valence-corrected chi connectivity index (χ2v) is 6.56. The summed E-state index contributed by atoms with van der Waals surface area (Å²) in [5.74, 6) is 0.961. The molecule has 7 nitrogen and oxygen atoms in total. The van der Waals surface area contributed by atoms with Crippen molar-refractivity contribution in [2.24, 2.45) is 0 Å². The molecule has 1 unspecified atom stereocenters. The van der Waals surface area contributed by atoms with Crippen LogP contribution in [0.5, 0.6) is 5.75 Å². The number of hydrogen-bond donors (Lipinski definition) is 2. The van der Waals surface area contributed by atoms with Crippen LogP contribution in [0.1, 0.15) is 18.5 Å². The average Bonchev–Trinajstić information content (AvgIpc) is 3.21. The zero-order chi connectivity index (χ0) is 20.2. The van der Waals surface area contributed by atoms with E-state index in [1.54, 1.807) is 23.9 Å². The molecule has 146 valence electrons. The summed E-state index contributed by atoms with van der Waals surface area (Å²) in [7, 11) is 1.57. The van der Waals surface area contributed by atoms with Gasteiger partial charge in [-0.25, -0.2) is 4.68 Å². The molecule has 29 heavy (non-hydrogen) atoms. The third kappa shape index (κ3) is 3.75. The standard InChI is InChI=1S/C22H21N5O2/c1-15-20(21(28)26-17-10-6-7-11-19(17)29-2)18(27-22(25-15)23-14-24-27)13-12-16-8-4-3-5-9-16/h3-14,18H,1-2H3,(H,26,28)(H,23,24,25). The van der Waals surface area contributed by atoms with Crippen molar-refractivity contribution in [2.75, 3.05) is 17.7 Å². The molecule has 4 rings (SSSR count). The second kappa shape index (κ2) is 8.02. The summed E-state index contributed by atoms with van der Waals surface area (Å²) in [6, 6.07) is 16.8. The van der Waals surface area contributed by atoms with Crippen molar-refractivity contribution in [3.05, 3.63) is 83.8 Å². The fraction of sp³-hybridized carbons (Fsp3) is 0.136. The van der Waals surface area contributed by atoms with Crippen molar-refractivity contribution >= 4 is 23.6 Å². The number of rotatable bonds is 5. The summed E-state index contributed by atoms with van der Waals surface area (Å²) in [5, 5.41) is 10.4. The Hall–Kier alpha value is -3.87. The zero-order valence-corrected chi connectivity index (χ0v) is 16.2. The number of allylic oxidation sites excluding steroid dienone is 2. The molecule has 0 bridgehead atoms. The predicted molar refractivity (Wildman–Crippen MR) is 112 cm³/mol. The molecule has 2 N–H and O–H groups in total. The van der Waals surface area contributed by atoms with Gasteiger partial charge in [-0.2, -0.15) is 10.1 Å². The Kier molecular flexibility index (Phi) is 5.11. The lowest BCUT2D eigenvalue weighted by molar-refractivity contribution is -0.113. The summed E-state index contributed by atoms with van der Waals surface area (Å²) in [6.45, 7) is 1.86. The Morgan fingerprint density at radius 1 is 1.17 bits per heavy atom. The molecule has 0 saturated carbocycles. The first-order valence-electron chi connectivity index (χ1n) is 9.22. The lowest BCUT2D eigenvalue weighted by Crippen LogP contribution is -2.30. The Labute approximate surface area is 168 Å². The number of hydrogen-bond acceptors (Lipinski definition) is 5. The first kappa shape index (κ1) is 18.5. The molecule has 1 aromatic heterocycles. The number of ether oxygens (including phenoxy) is 1. The number of carbonyl (C=O) groups excluding carboxylic acids is 1. The van der Waals surface area contributed by atoms with E-state index in [2.05, 4.69) is 20.7 Å². The van der Waals surface area contributed by atoms with E-state index >= 15 is 0 Å². The number of aromatic nitrogens is 3. The van der Waals surface area contributed by atoms with Crippen LogP contribution in [0.15, 0.2) is 78.3 Å². The zero-order valence-electron chi connectivity index (χ0n) is 16.2. The highest BCUT2D eigenvalue weighted by Gasteiger charge is 2.30. The molecule has 7 heteroatoms. The Morgan fingerprint density at radius 2 is 1.93 bits per heavy atom. The number of nitrogens with zero attached hydrogens (tertiary/aromatic N) is 3. The molecule has 1 atom stereocenters. The van der Waals surface area contributed by atoms with Crippen molar-refractivity contribution in [3.8, 4) is 5.75 Å². The maximum absolute atomic E-state index is 13.2. The van der Waals surface area contributed by atoms with Crippen LogP contribution in [0.3, 0.4) is 0 Å². The van der Waals surface area contributed by atoms with Gasteiger partial charge in [-0.3, -0.25) is 4.79 Å². The largest absolute Gasteiger partial charge is 0.495 e. The highest BCUT2D eigenvalue weighted by atomic mass is 16.5. The molecular weight excluding hydrogens is 366 g/mol. The van der Waals surface area contributed by atoms with E-state index in [1.807, 2.05) is 61.5 Å². The lowest BCUT2D eigenvalue weighted by Gasteiger charge is -2.26. The quantitative estimate of drug-likeness (QED) is 0.694. The van der Waals surface area contributed by atoms with Gasteiger partial charge in [0.05, 0.1) is 18.4 Å². The third-order valence-corrected chi connectivity index (χ3v) is 4.71. The number of para-hydroxylation sites is 2. The van der Waals surface area contributed by atoms with Gasteiger partial charge >= 0.3 is 0 Å². The van der Waals surface area contributed by atoms with Crippen molar-refractivity contribution in [3.63, 3.8) is 0 Å². The van der Waals surface area contributed by atoms with E-state index in [1.165, 1.54) is 6.33 Å². The molecule has 1 amide bonds. The number of fused-ring (bicyclic) bond motifs is 1. The van der Waals surface area contributed by atoms with Gasteiger partial charge in [-0.15, -0.1) is 0 Å². The Bertz CT molecular complexity index is 1090. The van der Waals surface area contributed by atoms with Crippen molar-refractivity contribution in [1.82, 2.24) is 14.8 Å². The maximum Gasteiger partial charge on any atom is 0.255 e. The topological polar surface area (TPSA) is 81.1 Å². The molecule has 0 radical (unpaired) electrons. The molecule has 1 aliphatic rings. The summed E-state index contributed by atoms with van der Waals surface area (Å²) >= 11 is 0. The van der Waals surface area contributed by atoms with Crippen LogP contribution in [0, 0.1) is 0 Å². The fourth-order valence-electron chi connectivity index (χ4n) is 3.31. The smallest absolute Gasteiger partial charge is 0.255 e. The van der Waals surface area contributed by atoms with E-state index < -0.39 is 6.04 Å². The van der Waals surface area contributed by atoms with E-state index in [0.29, 0.717) is 23.0 Å². The number of benzene rings is 2. The van der Waals surface area contributed by atoms with Crippen LogP contribution in [0.25, 0.3) is 6.08 Å². The molecular formula is C22H21N5O2. The number of nitrogens with one attached hydrogen (secondary N) is 2. The fourth-order valence-corrected chi connectivity index (χ4v) is 3.31. The minimum atomic E-state index is -0.399. The first-order chi connectivity index (χ1) is 14.2. The van der Waals surface area contributed by atoms with Crippen molar-refractivity contribution < 1.29 is 9.53 Å². The molecule has 0 aliphatic carbocycles. The molecule has 0 fully saturated rings. The minimum absolute atomic E-state index is 0.233. The Balaban J connectivity index is 1.69. The van der Waals surface area contributed by atoms with Crippen LogP contribution >= 0.6 is 0 Å². The van der Waals surface area contributed by atoms with Gasteiger partial charge in [0.25, 0.3) is 5.91 Å². The normalized spacial score (nSPS) is 15.7. The van der Waals surface area contributed by atoms with Crippen LogP contribution in [-0.4, -0.2) is 27.8 Å². The number of carbonyl (C=O) groups is 1. The van der Waals surface area contributed by atoms with Gasteiger partial charge in [0.2, 0.25) is 5.95 Å². The maximum atomic E-state index is 13.2. The van der Waals surface area contributed by atoms with Crippen LogP contribution in [0.4, 0.5) is 11.6 Å². The highest BCUT2D eigenvalue weighted by Crippen LogP contribution is 2.32. The van der Waals surface area contributed by atoms with Gasteiger partial charge in [0.1, 0.15) is 18.1 Å². The number of methoxy groups -OCH3 is 1. The van der Waals surface area contributed by atoms with Gasteiger partial charge in [0.15, 0.2) is 0 Å². The summed E-state index contributed by atoms with van der Waals surface area (Å²) in [4.78, 5) is 17.5. The van der Waals surface area contributed by atoms with Gasteiger partial charge in [0, 0.05) is 5.70 Å². The first-order valence-corrected chi connectivity index (χ1v) is 9.22. The van der Waals surface area contributed by atoms with Crippen LogP contribution < -0.4 is 15.4 Å². The molecule has 3 aromatic rings. The number of anilines is 2. The second-order valence-electron chi connectivity index (χ2n) is 6.56. The van der Waals surface area contributed by atoms with Crippen molar-refractivity contribution in [1.29, 1.82) is 0 Å². The van der Waals surface area contributed by atoms with Gasteiger partial charge < -0.3 is 15.4 Å². The highest BCUT2D eigenvalue weighted by molar-refractivity contribution is 6.06. The summed E-state index contributed by atoms with van der Waals surface area (Å²) in [5.41, 5.74) is 2.92. The Morgan fingerprint density at radius 3 is 2.72 bits per heavy atom. The molecule has 1 aliphatic heterocycles. The molecule has 2 heterocycles. The van der Waals surface area contributed by atoms with E-state index in [9.17, 15) is 4.79 Å². The van der Waals surface area contributed by atoms with Crippen LogP contribution in [-0.2, 0) is 4.79 Å². The SMILES string of the molecule is COc1ccccc1NC(=O)C1=C(C)Nc2ncnn2C1C=Cc1ccccc1. The minimum Gasteiger partial charge on any atom is -0.495 e. The van der Waals surface area contributed by atoms with E-state index in [-0.39, 0.29) is 5.91 Å². The molecule has 0 saturated heterocycles. The van der Waals surface area contributed by atoms with E-state index in [0.717, 1.165) is 11.3 Å². The van der Waals surface area contributed by atoms with Gasteiger partial charge in [-0.1, -0.05) is 54.6 Å². The monoisotopic (exact) mass is 387 g/mol. The van der Waals surface area contributed by atoms with E-state index in [4.69, 9.17) is 4.74 Å². The average molecular weight is 387 g/mol. The third-order valence-electron chi connectivity index (χ3n) is 4.71. The lowest BCUT2D eigenvalue weighted by atomic mass is 10.0. The van der Waals surface area contributed by atoms with Gasteiger partial charge in [-0.05, 0) is 24.6 Å². The predicted octanol–water partition coefficient (Wildman–Crippen LogP) is 3.88. The molecule has 0 spiro atoms. The number of amides is 1.